The molecule has 0 saturated heterocycles. The van der Waals surface area contributed by atoms with Crippen LogP contribution in [0.3, 0.4) is 0 Å². The van der Waals surface area contributed by atoms with E-state index in [0.717, 1.165) is 25.8 Å². The van der Waals surface area contributed by atoms with Gasteiger partial charge in [-0.05, 0) is 31.6 Å². The lowest BCUT2D eigenvalue weighted by Crippen LogP contribution is -2.43. The number of nitrogens with zero attached hydrogens (tertiary/aromatic N) is 3. The molecule has 1 aromatic heterocycles. The first-order valence-electron chi connectivity index (χ1n) is 9.40. The van der Waals surface area contributed by atoms with Crippen LogP contribution in [0, 0.1) is 5.41 Å². The number of nitrogens with one attached hydrogen (secondary N) is 2. The van der Waals surface area contributed by atoms with Crippen LogP contribution in [0.25, 0.3) is 0 Å². The third-order valence-electron chi connectivity index (χ3n) is 5.06. The Hall–Kier alpha value is -1.04. The molecule has 1 aliphatic carbocycles. The zero-order valence-electron chi connectivity index (χ0n) is 16.7. The van der Waals surface area contributed by atoms with Crippen molar-refractivity contribution >= 4 is 29.9 Å². The third-order valence-corrected chi connectivity index (χ3v) is 5.06. The summed E-state index contributed by atoms with van der Waals surface area (Å²) in [5.41, 5.74) is -0.647. The van der Waals surface area contributed by atoms with Crippen LogP contribution >= 0.6 is 24.0 Å². The molecule has 0 unspecified atom stereocenters. The highest BCUT2D eigenvalue weighted by Gasteiger charge is 2.37. The van der Waals surface area contributed by atoms with E-state index in [-0.39, 0.29) is 41.5 Å². The summed E-state index contributed by atoms with van der Waals surface area (Å²) in [6.07, 6.45) is 2.51. The zero-order chi connectivity index (χ0) is 19.9. The molecule has 162 valence electrons. The summed E-state index contributed by atoms with van der Waals surface area (Å²) >= 11 is 0. The molecule has 1 saturated carbocycles. The zero-order valence-corrected chi connectivity index (χ0v) is 19.1. The highest BCUT2D eigenvalue weighted by Crippen LogP contribution is 2.40. The molecule has 1 fully saturated rings. The van der Waals surface area contributed by atoms with Crippen molar-refractivity contribution in [3.8, 4) is 0 Å². The van der Waals surface area contributed by atoms with Crippen LogP contribution in [0.1, 0.15) is 50.3 Å². The lowest BCUT2D eigenvalue weighted by atomic mass is 9.83. The summed E-state index contributed by atoms with van der Waals surface area (Å²) < 4.78 is 45.7. The maximum atomic E-state index is 13.1. The minimum atomic E-state index is -4.48. The highest BCUT2D eigenvalue weighted by molar-refractivity contribution is 14.0. The van der Waals surface area contributed by atoms with E-state index in [4.69, 9.17) is 4.74 Å². The lowest BCUT2D eigenvalue weighted by Gasteiger charge is -2.30. The summed E-state index contributed by atoms with van der Waals surface area (Å²) in [4.78, 5) is 4.35. The minimum absolute atomic E-state index is 0. The third kappa shape index (κ3) is 7.09. The maximum Gasteiger partial charge on any atom is 0.435 e. The number of alkyl halides is 3. The maximum absolute atomic E-state index is 13.1. The molecule has 10 heteroatoms. The predicted octanol–water partition coefficient (Wildman–Crippen LogP) is 3.71. The van der Waals surface area contributed by atoms with Crippen molar-refractivity contribution < 1.29 is 17.9 Å². The second kappa shape index (κ2) is 11.2. The van der Waals surface area contributed by atoms with Gasteiger partial charge in [-0.15, -0.1) is 24.0 Å². The van der Waals surface area contributed by atoms with Crippen molar-refractivity contribution in [2.75, 3.05) is 26.8 Å². The monoisotopic (exact) mass is 517 g/mol. The number of halogens is 4. The lowest BCUT2D eigenvalue weighted by molar-refractivity contribution is -0.142. The topological polar surface area (TPSA) is 63.5 Å². The smallest absolute Gasteiger partial charge is 0.385 e. The number of aromatic nitrogens is 2. The molecule has 6 nitrogen and oxygen atoms in total. The first-order valence-corrected chi connectivity index (χ1v) is 9.40. The molecule has 0 amide bonds. The van der Waals surface area contributed by atoms with Gasteiger partial charge in [0.1, 0.15) is 0 Å². The van der Waals surface area contributed by atoms with E-state index in [1.54, 1.807) is 7.11 Å². The van der Waals surface area contributed by atoms with Crippen molar-refractivity contribution in [1.82, 2.24) is 20.4 Å². The van der Waals surface area contributed by atoms with Gasteiger partial charge in [-0.1, -0.05) is 12.8 Å². The average molecular weight is 517 g/mol. The van der Waals surface area contributed by atoms with Crippen LogP contribution in [-0.2, 0) is 24.5 Å². The summed E-state index contributed by atoms with van der Waals surface area (Å²) in [5.74, 6) is 0.526. The number of methoxy groups -OCH3 is 1. The largest absolute Gasteiger partial charge is 0.435 e. The second-order valence-corrected chi connectivity index (χ2v) is 7.17. The molecular weight excluding hydrogens is 486 g/mol. The first-order chi connectivity index (χ1) is 12.8. The van der Waals surface area contributed by atoms with Gasteiger partial charge in [0.05, 0.1) is 6.54 Å². The van der Waals surface area contributed by atoms with Gasteiger partial charge in [0.2, 0.25) is 0 Å². The van der Waals surface area contributed by atoms with Crippen molar-refractivity contribution in [2.24, 2.45) is 17.5 Å². The molecular formula is C18H31F3IN5O. The Morgan fingerprint density at radius 2 is 2.00 bits per heavy atom. The SMILES string of the molecule is CCNC(=NCc1cn(C)nc1C(F)(F)F)NCC1(CCOC)CCCC1.I. The molecule has 2 N–H and O–H groups in total. The summed E-state index contributed by atoms with van der Waals surface area (Å²) in [5, 5.41) is 9.96. The Balaban J connectivity index is 0.00000392. The molecule has 0 aromatic carbocycles. The van der Waals surface area contributed by atoms with E-state index in [9.17, 15) is 13.2 Å². The molecule has 1 aromatic rings. The fraction of sp³-hybridized carbons (Fsp3) is 0.778. The summed E-state index contributed by atoms with van der Waals surface area (Å²) in [7, 11) is 3.18. The number of hydrogen-bond donors (Lipinski definition) is 2. The van der Waals surface area contributed by atoms with E-state index in [0.29, 0.717) is 19.1 Å². The van der Waals surface area contributed by atoms with Gasteiger partial charge in [-0.3, -0.25) is 4.68 Å². The Labute approximate surface area is 181 Å². The Bertz CT molecular complexity index is 627. The quantitative estimate of drug-likeness (QED) is 0.314. The normalized spacial score (nSPS) is 16.7. The molecule has 1 aliphatic rings. The van der Waals surface area contributed by atoms with Gasteiger partial charge in [0.15, 0.2) is 11.7 Å². The van der Waals surface area contributed by atoms with E-state index >= 15 is 0 Å². The number of hydrogen-bond acceptors (Lipinski definition) is 3. The van der Waals surface area contributed by atoms with Crippen molar-refractivity contribution in [3.63, 3.8) is 0 Å². The number of guanidine groups is 1. The number of aryl methyl sites for hydroxylation is 1. The van der Waals surface area contributed by atoms with Gasteiger partial charge in [-0.2, -0.15) is 18.3 Å². The molecule has 0 aliphatic heterocycles. The molecule has 1 heterocycles. The van der Waals surface area contributed by atoms with Gasteiger partial charge < -0.3 is 15.4 Å². The number of ether oxygens (including phenoxy) is 1. The molecule has 0 bridgehead atoms. The standard InChI is InChI=1S/C18H30F3N5O.HI/c1-4-22-16(24-13-17(9-10-27-3)7-5-6-8-17)23-11-14-12-26(2)25-15(14)18(19,20)21;/h12H,4-11,13H2,1-3H3,(H2,22,23,24);1H. The van der Waals surface area contributed by atoms with Gasteiger partial charge >= 0.3 is 6.18 Å². The second-order valence-electron chi connectivity index (χ2n) is 7.17. The Morgan fingerprint density at radius 3 is 2.57 bits per heavy atom. The minimum Gasteiger partial charge on any atom is -0.385 e. The number of aliphatic imine (C=N–C) groups is 1. The summed E-state index contributed by atoms with van der Waals surface area (Å²) in [6, 6.07) is 0. The van der Waals surface area contributed by atoms with E-state index in [2.05, 4.69) is 20.7 Å². The number of rotatable bonds is 8. The van der Waals surface area contributed by atoms with Gasteiger partial charge in [-0.25, -0.2) is 4.99 Å². The predicted molar refractivity (Wildman–Crippen MR) is 114 cm³/mol. The van der Waals surface area contributed by atoms with Gasteiger partial charge in [0, 0.05) is 45.6 Å². The molecule has 0 spiro atoms. The van der Waals surface area contributed by atoms with Crippen LogP contribution < -0.4 is 10.6 Å². The van der Waals surface area contributed by atoms with Gasteiger partial charge in [0.25, 0.3) is 0 Å². The summed E-state index contributed by atoms with van der Waals surface area (Å²) in [6.45, 7) is 3.93. The van der Waals surface area contributed by atoms with Crippen molar-refractivity contribution in [2.45, 2.75) is 51.7 Å². The van der Waals surface area contributed by atoms with Crippen LogP contribution in [0.2, 0.25) is 0 Å². The van der Waals surface area contributed by atoms with Crippen molar-refractivity contribution in [3.05, 3.63) is 17.5 Å². The molecule has 0 radical (unpaired) electrons. The van der Waals surface area contributed by atoms with Crippen LogP contribution in [0.4, 0.5) is 13.2 Å². The first kappa shape index (κ1) is 25.0. The van der Waals surface area contributed by atoms with E-state index in [1.165, 1.54) is 30.8 Å². The van der Waals surface area contributed by atoms with E-state index in [1.807, 2.05) is 6.92 Å². The fourth-order valence-corrected chi connectivity index (χ4v) is 3.63. The van der Waals surface area contributed by atoms with Crippen LogP contribution in [0.15, 0.2) is 11.2 Å². The van der Waals surface area contributed by atoms with Crippen molar-refractivity contribution in [1.29, 1.82) is 0 Å². The molecule has 2 rings (SSSR count). The van der Waals surface area contributed by atoms with Crippen LogP contribution in [0.5, 0.6) is 0 Å². The molecule has 28 heavy (non-hydrogen) atoms. The Kier molecular flexibility index (Phi) is 10.0. The van der Waals surface area contributed by atoms with E-state index < -0.39 is 11.9 Å². The fourth-order valence-electron chi connectivity index (χ4n) is 3.63. The average Bonchev–Trinajstić information content (AvgIpc) is 3.22. The molecule has 0 atom stereocenters. The Morgan fingerprint density at radius 1 is 1.32 bits per heavy atom. The highest BCUT2D eigenvalue weighted by atomic mass is 127. The van der Waals surface area contributed by atoms with Crippen LogP contribution in [-0.4, -0.2) is 42.5 Å².